The predicted octanol–water partition coefficient (Wildman–Crippen LogP) is 2.97. The normalized spacial score (nSPS) is 12.9. The van der Waals surface area contributed by atoms with E-state index in [2.05, 4.69) is 4.74 Å². The maximum atomic E-state index is 11.8. The molecule has 25 heavy (non-hydrogen) atoms. The van der Waals surface area contributed by atoms with Crippen molar-refractivity contribution in [2.24, 2.45) is 0 Å². The summed E-state index contributed by atoms with van der Waals surface area (Å²) >= 11 is 1.03. The number of carbonyl (C=O) groups is 1. The molecule has 2 unspecified atom stereocenters. The molecule has 0 saturated carbocycles. The van der Waals surface area contributed by atoms with Crippen molar-refractivity contribution in [2.45, 2.75) is 16.2 Å². The SMILES string of the molecule is COC(=O)C(O)C(Sc1ccccc1[N+](=O)[O-])c1ccc(OC)cc1. The van der Waals surface area contributed by atoms with Crippen molar-refractivity contribution in [3.05, 3.63) is 64.2 Å². The monoisotopic (exact) mass is 363 g/mol. The molecule has 2 aromatic carbocycles. The molecule has 132 valence electrons. The summed E-state index contributed by atoms with van der Waals surface area (Å²) in [4.78, 5) is 22.9. The first-order chi connectivity index (χ1) is 12.0. The molecule has 0 radical (unpaired) electrons. The fourth-order valence-electron chi connectivity index (χ4n) is 2.20. The number of nitrogens with zero attached hydrogens (tertiary/aromatic N) is 1. The number of ether oxygens (including phenoxy) is 2. The molecule has 0 fully saturated rings. The molecule has 0 heterocycles. The van der Waals surface area contributed by atoms with Crippen molar-refractivity contribution < 1.29 is 24.3 Å². The quantitative estimate of drug-likeness (QED) is 0.349. The molecular formula is C17H17NO6S. The number of carbonyl (C=O) groups excluding carboxylic acids is 1. The summed E-state index contributed by atoms with van der Waals surface area (Å²) in [6.45, 7) is 0. The lowest BCUT2D eigenvalue weighted by Gasteiger charge is -2.21. The Morgan fingerprint density at radius 1 is 1.16 bits per heavy atom. The van der Waals surface area contributed by atoms with Crippen molar-refractivity contribution in [1.29, 1.82) is 0 Å². The molecule has 0 aliphatic heterocycles. The number of methoxy groups -OCH3 is 2. The third kappa shape index (κ3) is 4.49. The smallest absolute Gasteiger partial charge is 0.336 e. The largest absolute Gasteiger partial charge is 0.497 e. The Kier molecular flexibility index (Phi) is 6.37. The molecule has 0 amide bonds. The van der Waals surface area contributed by atoms with E-state index < -0.39 is 22.2 Å². The highest BCUT2D eigenvalue weighted by Gasteiger charge is 2.31. The lowest BCUT2D eigenvalue weighted by atomic mass is 10.1. The molecule has 2 aromatic rings. The highest BCUT2D eigenvalue weighted by Crippen LogP contribution is 2.42. The minimum Gasteiger partial charge on any atom is -0.497 e. The Labute approximate surface area is 148 Å². The van der Waals surface area contributed by atoms with E-state index in [1.165, 1.54) is 20.3 Å². The van der Waals surface area contributed by atoms with Gasteiger partial charge in [0.1, 0.15) is 5.75 Å². The van der Waals surface area contributed by atoms with Crippen molar-refractivity contribution in [1.82, 2.24) is 0 Å². The third-order valence-electron chi connectivity index (χ3n) is 3.49. The van der Waals surface area contributed by atoms with Crippen LogP contribution in [0.2, 0.25) is 0 Å². The Morgan fingerprint density at radius 3 is 2.36 bits per heavy atom. The van der Waals surface area contributed by atoms with E-state index in [0.29, 0.717) is 16.2 Å². The van der Waals surface area contributed by atoms with Crippen LogP contribution in [-0.2, 0) is 9.53 Å². The lowest BCUT2D eigenvalue weighted by Crippen LogP contribution is -2.27. The van der Waals surface area contributed by atoms with Gasteiger partial charge >= 0.3 is 5.97 Å². The first-order valence-corrected chi connectivity index (χ1v) is 8.15. The standard InChI is InChI=1S/C17H17NO6S/c1-23-12-9-7-11(8-10-12)16(15(19)17(20)24-2)25-14-6-4-3-5-13(14)18(21)22/h3-10,15-16,19H,1-2H3. The zero-order valence-corrected chi connectivity index (χ0v) is 14.4. The zero-order chi connectivity index (χ0) is 18.4. The van der Waals surface area contributed by atoms with Crippen LogP contribution in [0.15, 0.2) is 53.4 Å². The summed E-state index contributed by atoms with van der Waals surface area (Å²) in [6, 6.07) is 12.9. The van der Waals surface area contributed by atoms with Crippen molar-refractivity contribution in [2.75, 3.05) is 14.2 Å². The van der Waals surface area contributed by atoms with Gasteiger partial charge in [-0.3, -0.25) is 10.1 Å². The van der Waals surface area contributed by atoms with Crippen LogP contribution in [0.5, 0.6) is 5.75 Å². The number of esters is 1. The summed E-state index contributed by atoms with van der Waals surface area (Å²) in [5, 5.41) is 20.8. The Balaban J connectivity index is 2.41. The van der Waals surface area contributed by atoms with Crippen LogP contribution in [-0.4, -0.2) is 36.3 Å². The number of hydrogen-bond donors (Lipinski definition) is 1. The van der Waals surface area contributed by atoms with Gasteiger partial charge in [-0.05, 0) is 23.8 Å². The molecular weight excluding hydrogens is 346 g/mol. The minimum absolute atomic E-state index is 0.0944. The van der Waals surface area contributed by atoms with Gasteiger partial charge in [-0.2, -0.15) is 0 Å². The van der Waals surface area contributed by atoms with E-state index in [1.54, 1.807) is 42.5 Å². The van der Waals surface area contributed by atoms with Crippen LogP contribution in [0.25, 0.3) is 0 Å². The summed E-state index contributed by atoms with van der Waals surface area (Å²) < 4.78 is 9.71. The summed E-state index contributed by atoms with van der Waals surface area (Å²) in [5.74, 6) is -0.197. The molecule has 0 aliphatic carbocycles. The molecule has 0 bridgehead atoms. The van der Waals surface area contributed by atoms with Crippen molar-refractivity contribution in [3.8, 4) is 5.75 Å². The van der Waals surface area contributed by atoms with E-state index in [-0.39, 0.29) is 5.69 Å². The van der Waals surface area contributed by atoms with E-state index in [4.69, 9.17) is 4.74 Å². The first kappa shape index (κ1) is 18.8. The fraction of sp³-hybridized carbons (Fsp3) is 0.235. The Hall–Kier alpha value is -2.58. The first-order valence-electron chi connectivity index (χ1n) is 7.28. The lowest BCUT2D eigenvalue weighted by molar-refractivity contribution is -0.387. The van der Waals surface area contributed by atoms with Gasteiger partial charge in [0.15, 0.2) is 6.10 Å². The average Bonchev–Trinajstić information content (AvgIpc) is 2.65. The van der Waals surface area contributed by atoms with Gasteiger partial charge in [0.2, 0.25) is 0 Å². The number of para-hydroxylation sites is 1. The highest BCUT2D eigenvalue weighted by molar-refractivity contribution is 7.99. The van der Waals surface area contributed by atoms with Crippen LogP contribution < -0.4 is 4.74 Å². The second kappa shape index (κ2) is 8.50. The van der Waals surface area contributed by atoms with Crippen molar-refractivity contribution in [3.63, 3.8) is 0 Å². The number of nitro groups is 1. The number of aliphatic hydroxyl groups is 1. The number of aliphatic hydroxyl groups excluding tert-OH is 1. The number of benzene rings is 2. The molecule has 0 saturated heterocycles. The molecule has 8 heteroatoms. The van der Waals surface area contributed by atoms with Crippen LogP contribution in [0.1, 0.15) is 10.8 Å². The van der Waals surface area contributed by atoms with Crippen LogP contribution in [0.3, 0.4) is 0 Å². The van der Waals surface area contributed by atoms with Crippen molar-refractivity contribution >= 4 is 23.4 Å². The number of thioether (sulfide) groups is 1. The van der Waals surface area contributed by atoms with E-state index in [9.17, 15) is 20.0 Å². The molecule has 2 atom stereocenters. The van der Waals surface area contributed by atoms with Gasteiger partial charge < -0.3 is 14.6 Å². The third-order valence-corrected chi connectivity index (χ3v) is 4.87. The summed E-state index contributed by atoms with van der Waals surface area (Å²) in [7, 11) is 2.70. The number of hydrogen-bond acceptors (Lipinski definition) is 7. The highest BCUT2D eigenvalue weighted by atomic mass is 32.2. The molecule has 2 rings (SSSR count). The molecule has 0 spiro atoms. The maximum Gasteiger partial charge on any atom is 0.336 e. The van der Waals surface area contributed by atoms with Crippen LogP contribution >= 0.6 is 11.8 Å². The molecule has 0 aliphatic rings. The number of rotatable bonds is 7. The summed E-state index contributed by atoms with van der Waals surface area (Å²) in [6.07, 6.45) is -1.48. The van der Waals surface area contributed by atoms with E-state index in [0.717, 1.165) is 11.8 Å². The van der Waals surface area contributed by atoms with Gasteiger partial charge in [0.25, 0.3) is 5.69 Å². The maximum absolute atomic E-state index is 11.8. The number of nitro benzene ring substituents is 1. The average molecular weight is 363 g/mol. The molecule has 7 nitrogen and oxygen atoms in total. The fourth-order valence-corrected chi connectivity index (χ4v) is 3.42. The second-order valence-electron chi connectivity index (χ2n) is 5.00. The van der Waals surface area contributed by atoms with Gasteiger partial charge in [-0.25, -0.2) is 4.79 Å². The molecule has 0 aromatic heterocycles. The van der Waals surface area contributed by atoms with Gasteiger partial charge in [-0.15, -0.1) is 11.8 Å². The minimum atomic E-state index is -1.48. The van der Waals surface area contributed by atoms with Crippen LogP contribution in [0, 0.1) is 10.1 Å². The summed E-state index contributed by atoms with van der Waals surface area (Å²) in [5.41, 5.74) is 0.518. The van der Waals surface area contributed by atoms with E-state index >= 15 is 0 Å². The zero-order valence-electron chi connectivity index (χ0n) is 13.6. The molecule has 1 N–H and O–H groups in total. The van der Waals surface area contributed by atoms with Crippen LogP contribution in [0.4, 0.5) is 5.69 Å². The van der Waals surface area contributed by atoms with E-state index in [1.807, 2.05) is 0 Å². The second-order valence-corrected chi connectivity index (χ2v) is 6.19. The van der Waals surface area contributed by atoms with Gasteiger partial charge in [-0.1, -0.05) is 24.3 Å². The Bertz CT molecular complexity index is 749. The Morgan fingerprint density at radius 2 is 1.80 bits per heavy atom. The van der Waals surface area contributed by atoms with Gasteiger partial charge in [0, 0.05) is 6.07 Å². The predicted molar refractivity (Wildman–Crippen MR) is 92.7 cm³/mol. The van der Waals surface area contributed by atoms with Gasteiger partial charge in [0.05, 0.1) is 29.3 Å². The topological polar surface area (TPSA) is 98.9 Å².